The predicted molar refractivity (Wildman–Crippen MR) is 103 cm³/mol. The highest BCUT2D eigenvalue weighted by atomic mass is 35.5. The van der Waals surface area contributed by atoms with E-state index in [2.05, 4.69) is 27.1 Å². The van der Waals surface area contributed by atoms with Crippen LogP contribution in [-0.4, -0.2) is 35.6 Å². The summed E-state index contributed by atoms with van der Waals surface area (Å²) in [5.41, 5.74) is 0.812. The molecule has 1 amide bonds. The number of rotatable bonds is 5. The molecule has 0 aliphatic carbocycles. The normalized spacial score (nSPS) is 16.9. The third-order valence-electron chi connectivity index (χ3n) is 4.32. The predicted octanol–water partition coefficient (Wildman–Crippen LogP) is 3.83. The van der Waals surface area contributed by atoms with Crippen LogP contribution in [0.3, 0.4) is 0 Å². The highest BCUT2D eigenvalue weighted by Gasteiger charge is 2.20. The Morgan fingerprint density at radius 1 is 1.41 bits per heavy atom. The standard InChI is InChI=1S/C19H22ClFN4O2/c1-12-4-3-7-25(10-12)19-22-13(2)8-18(24-19)27-11-17(26)23-16-6-5-14(20)9-15(16)21/h5-6,8-9,12H,3-4,7,10-11H2,1-2H3,(H,23,26). The molecule has 0 saturated carbocycles. The minimum absolute atomic E-state index is 0.0508. The van der Waals surface area contributed by atoms with Gasteiger partial charge in [-0.3, -0.25) is 4.79 Å². The van der Waals surface area contributed by atoms with Gasteiger partial charge in [-0.05, 0) is 43.9 Å². The number of anilines is 2. The molecule has 0 radical (unpaired) electrons. The molecule has 6 nitrogen and oxygen atoms in total. The van der Waals surface area contributed by atoms with Crippen molar-refractivity contribution in [2.24, 2.45) is 5.92 Å². The molecular formula is C19H22ClFN4O2. The van der Waals surface area contributed by atoms with Crippen molar-refractivity contribution in [2.75, 3.05) is 29.9 Å². The molecule has 2 aromatic rings. The zero-order valence-corrected chi connectivity index (χ0v) is 16.1. The summed E-state index contributed by atoms with van der Waals surface area (Å²) in [6, 6.07) is 5.71. The van der Waals surface area contributed by atoms with Crippen LogP contribution < -0.4 is 15.0 Å². The molecule has 1 unspecified atom stereocenters. The van der Waals surface area contributed by atoms with Crippen molar-refractivity contribution in [1.82, 2.24) is 9.97 Å². The Hall–Kier alpha value is -2.41. The Morgan fingerprint density at radius 2 is 2.22 bits per heavy atom. The van der Waals surface area contributed by atoms with Crippen LogP contribution in [0.4, 0.5) is 16.0 Å². The molecule has 1 atom stereocenters. The van der Waals surface area contributed by atoms with Gasteiger partial charge in [0.05, 0.1) is 5.69 Å². The van der Waals surface area contributed by atoms with Crippen LogP contribution in [0.25, 0.3) is 0 Å². The van der Waals surface area contributed by atoms with E-state index < -0.39 is 11.7 Å². The number of amides is 1. The first-order valence-corrected chi connectivity index (χ1v) is 9.27. The highest BCUT2D eigenvalue weighted by Crippen LogP contribution is 2.22. The average Bonchev–Trinajstić information content (AvgIpc) is 2.62. The largest absolute Gasteiger partial charge is 0.467 e. The van der Waals surface area contributed by atoms with Crippen LogP contribution in [0.2, 0.25) is 5.02 Å². The van der Waals surface area contributed by atoms with Gasteiger partial charge < -0.3 is 15.0 Å². The lowest BCUT2D eigenvalue weighted by atomic mass is 10.0. The maximum absolute atomic E-state index is 13.8. The van der Waals surface area contributed by atoms with Crippen LogP contribution >= 0.6 is 11.6 Å². The van der Waals surface area contributed by atoms with Gasteiger partial charge in [0.25, 0.3) is 5.91 Å². The number of ether oxygens (including phenoxy) is 1. The van der Waals surface area contributed by atoms with Gasteiger partial charge in [0.2, 0.25) is 11.8 Å². The molecule has 1 aromatic carbocycles. The van der Waals surface area contributed by atoms with E-state index in [0.717, 1.165) is 31.3 Å². The van der Waals surface area contributed by atoms with Gasteiger partial charge in [0.15, 0.2) is 6.61 Å². The molecular weight excluding hydrogens is 371 g/mol. The molecule has 8 heteroatoms. The minimum atomic E-state index is -0.602. The number of nitrogens with one attached hydrogen (secondary N) is 1. The second-order valence-electron chi connectivity index (χ2n) is 6.80. The lowest BCUT2D eigenvalue weighted by molar-refractivity contribution is -0.118. The van der Waals surface area contributed by atoms with Gasteiger partial charge in [-0.1, -0.05) is 18.5 Å². The first-order chi connectivity index (χ1) is 12.9. The van der Waals surface area contributed by atoms with Crippen molar-refractivity contribution >= 4 is 29.1 Å². The second-order valence-corrected chi connectivity index (χ2v) is 7.24. The molecule has 0 spiro atoms. The van der Waals surface area contributed by atoms with Crippen LogP contribution in [0.5, 0.6) is 5.88 Å². The van der Waals surface area contributed by atoms with E-state index in [4.69, 9.17) is 16.3 Å². The fourth-order valence-corrected chi connectivity index (χ4v) is 3.19. The third kappa shape index (κ3) is 5.29. The van der Waals surface area contributed by atoms with Gasteiger partial charge in [-0.15, -0.1) is 0 Å². The smallest absolute Gasteiger partial charge is 0.262 e. The van der Waals surface area contributed by atoms with E-state index in [0.29, 0.717) is 17.7 Å². The Kier molecular flexibility index (Phi) is 6.11. The molecule has 1 aliphatic rings. The van der Waals surface area contributed by atoms with Gasteiger partial charge in [-0.25, -0.2) is 9.37 Å². The zero-order valence-electron chi connectivity index (χ0n) is 15.3. The summed E-state index contributed by atoms with van der Waals surface area (Å²) >= 11 is 5.70. The van der Waals surface area contributed by atoms with Crippen molar-refractivity contribution in [3.63, 3.8) is 0 Å². The number of aromatic nitrogens is 2. The third-order valence-corrected chi connectivity index (χ3v) is 4.55. The molecule has 144 valence electrons. The Balaban J connectivity index is 1.62. The summed E-state index contributed by atoms with van der Waals surface area (Å²) < 4.78 is 19.3. The summed E-state index contributed by atoms with van der Waals surface area (Å²) in [6.07, 6.45) is 2.30. The van der Waals surface area contributed by atoms with Crippen LogP contribution in [0.1, 0.15) is 25.5 Å². The fourth-order valence-electron chi connectivity index (χ4n) is 3.03. The summed E-state index contributed by atoms with van der Waals surface area (Å²) in [7, 11) is 0. The van der Waals surface area contributed by atoms with Gasteiger partial charge >= 0.3 is 0 Å². The van der Waals surface area contributed by atoms with E-state index in [-0.39, 0.29) is 17.3 Å². The molecule has 1 fully saturated rings. The number of carbonyl (C=O) groups is 1. The molecule has 1 N–H and O–H groups in total. The summed E-state index contributed by atoms with van der Waals surface area (Å²) in [5, 5.41) is 2.72. The minimum Gasteiger partial charge on any atom is -0.467 e. The van der Waals surface area contributed by atoms with E-state index in [1.54, 1.807) is 6.07 Å². The maximum atomic E-state index is 13.8. The Labute approximate surface area is 162 Å². The van der Waals surface area contributed by atoms with Crippen molar-refractivity contribution in [1.29, 1.82) is 0 Å². The lowest BCUT2D eigenvalue weighted by Gasteiger charge is -2.31. The quantitative estimate of drug-likeness (QED) is 0.837. The molecule has 1 saturated heterocycles. The second kappa shape index (κ2) is 8.52. The molecule has 27 heavy (non-hydrogen) atoms. The van der Waals surface area contributed by atoms with E-state index in [9.17, 15) is 9.18 Å². The van der Waals surface area contributed by atoms with Gasteiger partial charge in [0.1, 0.15) is 5.82 Å². The van der Waals surface area contributed by atoms with Crippen molar-refractivity contribution in [2.45, 2.75) is 26.7 Å². The Morgan fingerprint density at radius 3 is 2.96 bits per heavy atom. The summed E-state index contributed by atoms with van der Waals surface area (Å²) in [4.78, 5) is 23.1. The maximum Gasteiger partial charge on any atom is 0.262 e. The fraction of sp³-hybridized carbons (Fsp3) is 0.421. The Bertz CT molecular complexity index is 833. The number of piperidine rings is 1. The monoisotopic (exact) mass is 392 g/mol. The summed E-state index contributed by atoms with van der Waals surface area (Å²) in [5.74, 6) is 0.436. The van der Waals surface area contributed by atoms with E-state index in [1.165, 1.54) is 18.6 Å². The number of hydrogen-bond donors (Lipinski definition) is 1. The van der Waals surface area contributed by atoms with Gasteiger partial charge in [0, 0.05) is 29.9 Å². The zero-order chi connectivity index (χ0) is 19.4. The molecule has 1 aliphatic heterocycles. The number of halogens is 2. The van der Waals surface area contributed by atoms with Crippen LogP contribution in [-0.2, 0) is 4.79 Å². The summed E-state index contributed by atoms with van der Waals surface area (Å²) in [6.45, 7) is 5.59. The number of carbonyl (C=O) groups excluding carboxylic acids is 1. The number of aryl methyl sites for hydroxylation is 1. The SMILES string of the molecule is Cc1cc(OCC(=O)Nc2ccc(Cl)cc2F)nc(N2CCCC(C)C2)n1. The van der Waals surface area contributed by atoms with Crippen molar-refractivity contribution in [3.05, 3.63) is 40.8 Å². The van der Waals surface area contributed by atoms with Crippen LogP contribution in [0, 0.1) is 18.7 Å². The molecule has 3 rings (SSSR count). The number of nitrogens with zero attached hydrogens (tertiary/aromatic N) is 3. The topological polar surface area (TPSA) is 67.3 Å². The number of benzene rings is 1. The average molecular weight is 393 g/mol. The van der Waals surface area contributed by atoms with Crippen LogP contribution in [0.15, 0.2) is 24.3 Å². The van der Waals surface area contributed by atoms with Gasteiger partial charge in [-0.2, -0.15) is 4.98 Å². The first kappa shape index (κ1) is 19.4. The molecule has 2 heterocycles. The van der Waals surface area contributed by atoms with E-state index in [1.807, 2.05) is 6.92 Å². The lowest BCUT2D eigenvalue weighted by Crippen LogP contribution is -2.35. The van der Waals surface area contributed by atoms with Crippen molar-refractivity contribution < 1.29 is 13.9 Å². The van der Waals surface area contributed by atoms with Crippen molar-refractivity contribution in [3.8, 4) is 5.88 Å². The molecule has 1 aromatic heterocycles. The highest BCUT2D eigenvalue weighted by molar-refractivity contribution is 6.30. The molecule has 0 bridgehead atoms. The van der Waals surface area contributed by atoms with E-state index >= 15 is 0 Å². The first-order valence-electron chi connectivity index (χ1n) is 8.89. The number of hydrogen-bond acceptors (Lipinski definition) is 5.